The van der Waals surface area contributed by atoms with Gasteiger partial charge < -0.3 is 15.0 Å². The fraction of sp³-hybridized carbons (Fsp3) is 0.250. The summed E-state index contributed by atoms with van der Waals surface area (Å²) in [6.07, 6.45) is 0. The Morgan fingerprint density at radius 3 is 2.36 bits per heavy atom. The molecule has 2 aromatic rings. The van der Waals surface area contributed by atoms with Crippen molar-refractivity contribution in [2.75, 3.05) is 12.4 Å². The Kier molecular flexibility index (Phi) is 5.00. The Morgan fingerprint density at radius 1 is 1.24 bits per heavy atom. The molecule has 9 heteroatoms. The molecule has 1 aromatic heterocycles. The maximum absolute atomic E-state index is 12.6. The zero-order valence-corrected chi connectivity index (χ0v) is 15.1. The number of aryl methyl sites for hydroxylation is 1. The van der Waals surface area contributed by atoms with Gasteiger partial charge >= 0.3 is 0 Å². The molecule has 4 N–H and O–H groups in total. The van der Waals surface area contributed by atoms with Gasteiger partial charge in [-0.2, -0.15) is 0 Å². The summed E-state index contributed by atoms with van der Waals surface area (Å²) in [5.41, 5.74) is 1.92. The smallest absolute Gasteiger partial charge is 0.272 e. The van der Waals surface area contributed by atoms with E-state index in [-0.39, 0.29) is 27.8 Å². The van der Waals surface area contributed by atoms with E-state index >= 15 is 0 Å². The second-order valence-electron chi connectivity index (χ2n) is 5.54. The van der Waals surface area contributed by atoms with Crippen LogP contribution in [0.25, 0.3) is 0 Å². The Hall–Kier alpha value is -2.65. The highest BCUT2D eigenvalue weighted by atomic mass is 32.2. The molecule has 0 fully saturated rings. The van der Waals surface area contributed by atoms with Crippen molar-refractivity contribution in [3.8, 4) is 5.75 Å². The minimum Gasteiger partial charge on any atom is -0.495 e. The molecular formula is C16H19N3O5S. The van der Waals surface area contributed by atoms with Gasteiger partial charge in [-0.3, -0.25) is 9.59 Å². The van der Waals surface area contributed by atoms with Crippen LogP contribution in [0.5, 0.6) is 5.75 Å². The number of amides is 1. The van der Waals surface area contributed by atoms with Crippen LogP contribution in [0.4, 0.5) is 5.69 Å². The minimum atomic E-state index is -3.93. The van der Waals surface area contributed by atoms with E-state index in [2.05, 4.69) is 10.3 Å². The fourth-order valence-electron chi connectivity index (χ4n) is 2.65. The van der Waals surface area contributed by atoms with E-state index < -0.39 is 15.9 Å². The third kappa shape index (κ3) is 3.72. The highest BCUT2D eigenvalue weighted by Gasteiger charge is 2.21. The lowest BCUT2D eigenvalue weighted by Gasteiger charge is -2.11. The SMILES string of the molecule is COc1ccc(S(N)(=O)=O)cc1NC(=O)c1[nH]c(C)c(C(C)=O)c1C. The highest BCUT2D eigenvalue weighted by Crippen LogP contribution is 2.28. The fourth-order valence-corrected chi connectivity index (χ4v) is 3.19. The molecule has 2 rings (SSSR count). The lowest BCUT2D eigenvalue weighted by Crippen LogP contribution is -2.16. The molecule has 1 heterocycles. The van der Waals surface area contributed by atoms with Crippen LogP contribution in [0, 0.1) is 13.8 Å². The van der Waals surface area contributed by atoms with Crippen molar-refractivity contribution < 1.29 is 22.7 Å². The summed E-state index contributed by atoms with van der Waals surface area (Å²) in [4.78, 5) is 27.0. The molecule has 0 radical (unpaired) electrons. The number of sulfonamides is 1. The number of ether oxygens (including phenoxy) is 1. The number of hydrogen-bond acceptors (Lipinski definition) is 5. The Bertz CT molecular complexity index is 960. The number of hydrogen-bond donors (Lipinski definition) is 3. The topological polar surface area (TPSA) is 131 Å². The number of primary sulfonamides is 1. The number of carbonyl (C=O) groups excluding carboxylic acids is 2. The third-order valence-electron chi connectivity index (χ3n) is 3.76. The van der Waals surface area contributed by atoms with E-state index in [0.29, 0.717) is 16.8 Å². The molecule has 0 aliphatic rings. The molecule has 0 atom stereocenters. The van der Waals surface area contributed by atoms with Crippen LogP contribution in [0.15, 0.2) is 23.1 Å². The molecule has 0 bridgehead atoms. The molecule has 134 valence electrons. The largest absolute Gasteiger partial charge is 0.495 e. The predicted octanol–water partition coefficient (Wildman–Crippen LogP) is 1.74. The minimum absolute atomic E-state index is 0.148. The first kappa shape index (κ1) is 18.7. The van der Waals surface area contributed by atoms with Gasteiger partial charge in [-0.15, -0.1) is 0 Å². The summed E-state index contributed by atoms with van der Waals surface area (Å²) in [6.45, 7) is 4.78. The standard InChI is InChI=1S/C16H19N3O5S/c1-8-14(10(3)20)9(2)18-15(8)16(21)19-12-7-11(25(17,22)23)5-6-13(12)24-4/h5-7,18H,1-4H3,(H,19,21)(H2,17,22,23). The lowest BCUT2D eigenvalue weighted by atomic mass is 10.1. The van der Waals surface area contributed by atoms with Crippen LogP contribution in [0.3, 0.4) is 0 Å². The number of ketones is 1. The zero-order valence-electron chi connectivity index (χ0n) is 14.3. The molecule has 0 aliphatic carbocycles. The number of nitrogens with one attached hydrogen (secondary N) is 2. The average molecular weight is 365 g/mol. The van der Waals surface area contributed by atoms with Crippen molar-refractivity contribution >= 4 is 27.4 Å². The van der Waals surface area contributed by atoms with Gasteiger partial charge in [-0.05, 0) is 44.5 Å². The van der Waals surface area contributed by atoms with Crippen LogP contribution < -0.4 is 15.2 Å². The van der Waals surface area contributed by atoms with E-state index in [0.717, 1.165) is 0 Å². The normalized spacial score (nSPS) is 11.2. The molecule has 1 aromatic carbocycles. The van der Waals surface area contributed by atoms with Gasteiger partial charge in [0.1, 0.15) is 11.4 Å². The molecule has 8 nitrogen and oxygen atoms in total. The van der Waals surface area contributed by atoms with Crippen LogP contribution in [0.2, 0.25) is 0 Å². The van der Waals surface area contributed by atoms with Gasteiger partial charge in [-0.1, -0.05) is 0 Å². The van der Waals surface area contributed by atoms with Crippen molar-refractivity contribution in [3.05, 3.63) is 40.7 Å². The van der Waals surface area contributed by atoms with E-state index in [4.69, 9.17) is 9.88 Å². The van der Waals surface area contributed by atoms with E-state index in [9.17, 15) is 18.0 Å². The first-order valence-corrected chi connectivity index (χ1v) is 8.83. The molecule has 1 amide bonds. The van der Waals surface area contributed by atoms with E-state index in [1.807, 2.05) is 0 Å². The van der Waals surface area contributed by atoms with Gasteiger partial charge in [0.2, 0.25) is 10.0 Å². The van der Waals surface area contributed by atoms with Crippen molar-refractivity contribution in [1.82, 2.24) is 4.98 Å². The lowest BCUT2D eigenvalue weighted by molar-refractivity contribution is 0.101. The number of aromatic nitrogens is 1. The van der Waals surface area contributed by atoms with Crippen molar-refractivity contribution in [2.45, 2.75) is 25.7 Å². The molecule has 0 saturated carbocycles. The summed E-state index contributed by atoms with van der Waals surface area (Å²) < 4.78 is 28.1. The first-order valence-electron chi connectivity index (χ1n) is 7.28. The Morgan fingerprint density at radius 2 is 1.88 bits per heavy atom. The average Bonchev–Trinajstić information content (AvgIpc) is 2.81. The highest BCUT2D eigenvalue weighted by molar-refractivity contribution is 7.89. The number of anilines is 1. The van der Waals surface area contributed by atoms with Gasteiger partial charge in [0.25, 0.3) is 5.91 Å². The number of benzene rings is 1. The molecule has 25 heavy (non-hydrogen) atoms. The van der Waals surface area contributed by atoms with Gasteiger partial charge in [0.05, 0.1) is 17.7 Å². The summed E-state index contributed by atoms with van der Waals surface area (Å²) in [7, 11) is -2.54. The van der Waals surface area contributed by atoms with Gasteiger partial charge in [-0.25, -0.2) is 13.6 Å². The van der Waals surface area contributed by atoms with Crippen LogP contribution in [-0.4, -0.2) is 32.2 Å². The van der Waals surface area contributed by atoms with Crippen molar-refractivity contribution in [2.24, 2.45) is 5.14 Å². The Labute approximate surface area is 145 Å². The molecule has 0 unspecified atom stereocenters. The molecule has 0 spiro atoms. The van der Waals surface area contributed by atoms with Gasteiger partial charge in [0, 0.05) is 11.3 Å². The number of Topliss-reactive ketones (excluding diaryl/α,β-unsaturated/α-hetero) is 1. The van der Waals surface area contributed by atoms with Crippen molar-refractivity contribution in [3.63, 3.8) is 0 Å². The second-order valence-corrected chi connectivity index (χ2v) is 7.10. The van der Waals surface area contributed by atoms with Crippen molar-refractivity contribution in [1.29, 1.82) is 0 Å². The number of nitrogens with two attached hydrogens (primary N) is 1. The van der Waals surface area contributed by atoms with Crippen LogP contribution in [0.1, 0.15) is 39.0 Å². The number of aromatic amines is 1. The summed E-state index contributed by atoms with van der Waals surface area (Å²) >= 11 is 0. The van der Waals surface area contributed by atoms with E-state index in [1.165, 1.54) is 32.2 Å². The molecular weight excluding hydrogens is 346 g/mol. The number of H-pyrrole nitrogens is 1. The number of carbonyl (C=O) groups is 2. The van der Waals surface area contributed by atoms with Crippen LogP contribution in [-0.2, 0) is 10.0 Å². The summed E-state index contributed by atoms with van der Waals surface area (Å²) in [6, 6.07) is 3.88. The predicted molar refractivity (Wildman–Crippen MR) is 92.6 cm³/mol. The monoisotopic (exact) mass is 365 g/mol. The quantitative estimate of drug-likeness (QED) is 0.695. The number of methoxy groups -OCH3 is 1. The maximum Gasteiger partial charge on any atom is 0.272 e. The van der Waals surface area contributed by atoms with E-state index in [1.54, 1.807) is 13.8 Å². The Balaban J connectivity index is 2.45. The van der Waals surface area contributed by atoms with Crippen LogP contribution >= 0.6 is 0 Å². The van der Waals surface area contributed by atoms with Gasteiger partial charge in [0.15, 0.2) is 5.78 Å². The zero-order chi connectivity index (χ0) is 18.9. The second kappa shape index (κ2) is 6.69. The maximum atomic E-state index is 12.6. The third-order valence-corrected chi connectivity index (χ3v) is 4.68. The molecule has 0 aliphatic heterocycles. The molecule has 0 saturated heterocycles. The first-order chi connectivity index (χ1) is 11.6. The number of rotatable bonds is 5. The summed E-state index contributed by atoms with van der Waals surface area (Å²) in [5.74, 6) is -0.412. The summed E-state index contributed by atoms with van der Waals surface area (Å²) in [5, 5.41) is 7.70.